The largest absolute Gasteiger partial charge is 0.343 e. The van der Waals surface area contributed by atoms with Crippen molar-refractivity contribution >= 4 is 11.3 Å². The smallest absolute Gasteiger partial charge is 0.213 e. The SMILES string of the molecule is CC(C)C(NCCc1ncon1)c1cccs1. The maximum Gasteiger partial charge on any atom is 0.213 e. The molecular weight excluding hydrogens is 234 g/mol. The van der Waals surface area contributed by atoms with Gasteiger partial charge < -0.3 is 9.84 Å². The van der Waals surface area contributed by atoms with Crippen molar-refractivity contribution in [3.05, 3.63) is 34.6 Å². The second-order valence-corrected chi connectivity index (χ2v) is 5.27. The lowest BCUT2D eigenvalue weighted by atomic mass is 10.0. The molecule has 0 saturated carbocycles. The van der Waals surface area contributed by atoms with Crippen LogP contribution < -0.4 is 5.32 Å². The molecule has 1 N–H and O–H groups in total. The van der Waals surface area contributed by atoms with E-state index in [4.69, 9.17) is 4.52 Å². The third-order valence-electron chi connectivity index (χ3n) is 2.64. The van der Waals surface area contributed by atoms with Gasteiger partial charge in [-0.2, -0.15) is 4.98 Å². The molecule has 92 valence electrons. The van der Waals surface area contributed by atoms with Crippen LogP contribution in [-0.4, -0.2) is 16.7 Å². The van der Waals surface area contributed by atoms with E-state index in [1.807, 2.05) is 0 Å². The fourth-order valence-electron chi connectivity index (χ4n) is 1.78. The molecule has 0 amide bonds. The molecule has 17 heavy (non-hydrogen) atoms. The summed E-state index contributed by atoms with van der Waals surface area (Å²) >= 11 is 1.80. The molecule has 2 aromatic heterocycles. The predicted molar refractivity (Wildman–Crippen MR) is 67.9 cm³/mol. The number of thiophene rings is 1. The number of aromatic nitrogens is 2. The highest BCUT2D eigenvalue weighted by Crippen LogP contribution is 2.25. The quantitative estimate of drug-likeness (QED) is 0.857. The second kappa shape index (κ2) is 5.93. The van der Waals surface area contributed by atoms with Crippen LogP contribution in [0.4, 0.5) is 0 Å². The molecular formula is C12H17N3OS. The summed E-state index contributed by atoms with van der Waals surface area (Å²) in [6.07, 6.45) is 2.17. The molecule has 0 saturated heterocycles. The highest BCUT2D eigenvalue weighted by atomic mass is 32.1. The Bertz CT molecular complexity index is 411. The van der Waals surface area contributed by atoms with Crippen LogP contribution in [-0.2, 0) is 6.42 Å². The van der Waals surface area contributed by atoms with Gasteiger partial charge in [0.15, 0.2) is 5.82 Å². The standard InChI is InChI=1S/C12H17N3OS/c1-9(2)12(10-4-3-7-17-10)13-6-5-11-14-8-16-15-11/h3-4,7-9,12-13H,5-6H2,1-2H3. The Morgan fingerprint density at radius 1 is 1.47 bits per heavy atom. The Hall–Kier alpha value is -1.20. The number of nitrogens with zero attached hydrogens (tertiary/aromatic N) is 2. The Labute approximate surface area is 105 Å². The van der Waals surface area contributed by atoms with E-state index in [2.05, 4.69) is 46.8 Å². The molecule has 0 aromatic carbocycles. The van der Waals surface area contributed by atoms with Gasteiger partial charge in [-0.3, -0.25) is 0 Å². The summed E-state index contributed by atoms with van der Waals surface area (Å²) in [7, 11) is 0. The second-order valence-electron chi connectivity index (χ2n) is 4.29. The molecule has 0 aliphatic heterocycles. The average Bonchev–Trinajstić information content (AvgIpc) is 2.96. The molecule has 2 heterocycles. The zero-order valence-electron chi connectivity index (χ0n) is 10.1. The van der Waals surface area contributed by atoms with Crippen molar-refractivity contribution in [3.8, 4) is 0 Å². The van der Waals surface area contributed by atoms with Crippen LogP contribution in [0.25, 0.3) is 0 Å². The van der Waals surface area contributed by atoms with Crippen molar-refractivity contribution in [1.82, 2.24) is 15.5 Å². The Morgan fingerprint density at radius 2 is 2.35 bits per heavy atom. The minimum Gasteiger partial charge on any atom is -0.343 e. The number of rotatable bonds is 6. The van der Waals surface area contributed by atoms with Gasteiger partial charge in [0.1, 0.15) is 0 Å². The van der Waals surface area contributed by atoms with Crippen LogP contribution in [0.5, 0.6) is 0 Å². The van der Waals surface area contributed by atoms with Gasteiger partial charge in [0, 0.05) is 23.9 Å². The van der Waals surface area contributed by atoms with Gasteiger partial charge in [-0.15, -0.1) is 11.3 Å². The van der Waals surface area contributed by atoms with Gasteiger partial charge in [-0.1, -0.05) is 25.1 Å². The maximum absolute atomic E-state index is 4.70. The molecule has 0 aliphatic rings. The van der Waals surface area contributed by atoms with E-state index in [0.717, 1.165) is 18.8 Å². The average molecular weight is 251 g/mol. The molecule has 1 unspecified atom stereocenters. The van der Waals surface area contributed by atoms with Gasteiger partial charge >= 0.3 is 0 Å². The number of nitrogens with one attached hydrogen (secondary N) is 1. The maximum atomic E-state index is 4.70. The van der Waals surface area contributed by atoms with Crippen molar-refractivity contribution < 1.29 is 4.52 Å². The van der Waals surface area contributed by atoms with E-state index in [9.17, 15) is 0 Å². The minimum absolute atomic E-state index is 0.405. The predicted octanol–water partition coefficient (Wildman–Crippen LogP) is 2.66. The van der Waals surface area contributed by atoms with Gasteiger partial charge in [-0.05, 0) is 17.4 Å². The zero-order valence-corrected chi connectivity index (χ0v) is 10.9. The van der Waals surface area contributed by atoms with E-state index >= 15 is 0 Å². The Balaban J connectivity index is 1.86. The van der Waals surface area contributed by atoms with Crippen LogP contribution in [0.3, 0.4) is 0 Å². The van der Waals surface area contributed by atoms with E-state index in [1.165, 1.54) is 11.3 Å². The lowest BCUT2D eigenvalue weighted by molar-refractivity contribution is 0.400. The molecule has 0 spiro atoms. The fraction of sp³-hybridized carbons (Fsp3) is 0.500. The minimum atomic E-state index is 0.405. The van der Waals surface area contributed by atoms with Crippen LogP contribution in [0.1, 0.15) is 30.6 Å². The van der Waals surface area contributed by atoms with Crippen molar-refractivity contribution in [2.24, 2.45) is 5.92 Å². The number of hydrogen-bond acceptors (Lipinski definition) is 5. The molecule has 0 fully saturated rings. The van der Waals surface area contributed by atoms with Gasteiger partial charge in [0.25, 0.3) is 0 Å². The van der Waals surface area contributed by atoms with E-state index < -0.39 is 0 Å². The summed E-state index contributed by atoms with van der Waals surface area (Å²) in [4.78, 5) is 5.39. The van der Waals surface area contributed by atoms with Crippen molar-refractivity contribution in [1.29, 1.82) is 0 Å². The molecule has 0 bridgehead atoms. The first-order valence-corrected chi connectivity index (χ1v) is 6.67. The lowest BCUT2D eigenvalue weighted by Gasteiger charge is -2.20. The highest BCUT2D eigenvalue weighted by Gasteiger charge is 2.15. The summed E-state index contributed by atoms with van der Waals surface area (Å²) in [6.45, 7) is 5.32. The highest BCUT2D eigenvalue weighted by molar-refractivity contribution is 7.10. The normalized spacial score (nSPS) is 13.1. The summed E-state index contributed by atoms with van der Waals surface area (Å²) in [5.41, 5.74) is 0. The van der Waals surface area contributed by atoms with Crippen LogP contribution in [0.15, 0.2) is 28.4 Å². The summed E-state index contributed by atoms with van der Waals surface area (Å²) in [5, 5.41) is 9.46. The Morgan fingerprint density at radius 3 is 2.94 bits per heavy atom. The third-order valence-corrected chi connectivity index (χ3v) is 3.59. The molecule has 0 radical (unpaired) electrons. The number of hydrogen-bond donors (Lipinski definition) is 1. The van der Waals surface area contributed by atoms with E-state index in [0.29, 0.717) is 12.0 Å². The Kier molecular flexibility index (Phi) is 4.28. The first-order valence-electron chi connectivity index (χ1n) is 5.79. The van der Waals surface area contributed by atoms with Gasteiger partial charge in [0.05, 0.1) is 0 Å². The van der Waals surface area contributed by atoms with Crippen LogP contribution in [0.2, 0.25) is 0 Å². The molecule has 2 rings (SSSR count). The summed E-state index contributed by atoms with van der Waals surface area (Å²) in [5.74, 6) is 1.32. The topological polar surface area (TPSA) is 51.0 Å². The summed E-state index contributed by atoms with van der Waals surface area (Å²) < 4.78 is 4.70. The zero-order chi connectivity index (χ0) is 12.1. The van der Waals surface area contributed by atoms with E-state index in [1.54, 1.807) is 11.3 Å². The first kappa shape index (κ1) is 12.3. The van der Waals surface area contributed by atoms with Crippen LogP contribution in [0, 0.1) is 5.92 Å². The van der Waals surface area contributed by atoms with Gasteiger partial charge in [-0.25, -0.2) is 0 Å². The fourth-order valence-corrected chi connectivity index (χ4v) is 2.75. The van der Waals surface area contributed by atoms with Gasteiger partial charge in [0.2, 0.25) is 6.39 Å². The van der Waals surface area contributed by atoms with Crippen molar-refractivity contribution in [3.63, 3.8) is 0 Å². The lowest BCUT2D eigenvalue weighted by Crippen LogP contribution is -2.27. The molecule has 4 nitrogen and oxygen atoms in total. The first-order chi connectivity index (χ1) is 8.27. The third kappa shape index (κ3) is 3.38. The van der Waals surface area contributed by atoms with Crippen molar-refractivity contribution in [2.45, 2.75) is 26.3 Å². The van der Waals surface area contributed by atoms with Crippen molar-refractivity contribution in [2.75, 3.05) is 6.54 Å². The molecule has 5 heteroatoms. The molecule has 0 aliphatic carbocycles. The summed E-state index contributed by atoms with van der Waals surface area (Å²) in [6, 6.07) is 4.68. The van der Waals surface area contributed by atoms with Crippen LogP contribution >= 0.6 is 11.3 Å². The van der Waals surface area contributed by atoms with E-state index in [-0.39, 0.29) is 0 Å². The molecule has 2 aromatic rings. The molecule has 1 atom stereocenters. The monoisotopic (exact) mass is 251 g/mol.